The smallest absolute Gasteiger partial charge is 0.241 e. The van der Waals surface area contributed by atoms with E-state index in [-0.39, 0.29) is 16.6 Å². The van der Waals surface area contributed by atoms with E-state index in [1.165, 1.54) is 44.2 Å². The second-order valence-electron chi connectivity index (χ2n) is 5.72. The first-order chi connectivity index (χ1) is 12.7. The normalized spacial score (nSPS) is 10.9. The summed E-state index contributed by atoms with van der Waals surface area (Å²) in [6, 6.07) is 11.9. The van der Waals surface area contributed by atoms with Crippen LogP contribution in [0.1, 0.15) is 24.2 Å². The minimum Gasteiger partial charge on any atom is -0.326 e. The maximum Gasteiger partial charge on any atom is 0.241 e. The lowest BCUT2D eigenvalue weighted by Crippen LogP contribution is -2.32. The third kappa shape index (κ3) is 6.01. The second kappa shape index (κ2) is 8.56. The van der Waals surface area contributed by atoms with E-state index in [2.05, 4.69) is 15.4 Å². The molecule has 0 saturated heterocycles. The van der Waals surface area contributed by atoms with Gasteiger partial charge in [-0.1, -0.05) is 12.1 Å². The maximum atomic E-state index is 12.2. The molecule has 0 atom stereocenters. The van der Waals surface area contributed by atoms with E-state index >= 15 is 0 Å². The van der Waals surface area contributed by atoms with Gasteiger partial charge in [-0.25, -0.2) is 13.1 Å². The highest BCUT2D eigenvalue weighted by Gasteiger charge is 2.16. The average molecular weight is 389 g/mol. The summed E-state index contributed by atoms with van der Waals surface area (Å²) in [5.74, 6) is -0.988. The molecular weight excluding hydrogens is 370 g/mol. The lowest BCUT2D eigenvalue weighted by atomic mass is 10.1. The van der Waals surface area contributed by atoms with Gasteiger partial charge in [0, 0.05) is 23.9 Å². The van der Waals surface area contributed by atoms with Crippen LogP contribution in [-0.4, -0.2) is 32.6 Å². The average Bonchev–Trinajstić information content (AvgIpc) is 2.60. The largest absolute Gasteiger partial charge is 0.326 e. The number of amides is 2. The van der Waals surface area contributed by atoms with E-state index in [4.69, 9.17) is 0 Å². The van der Waals surface area contributed by atoms with Crippen LogP contribution in [-0.2, 0) is 19.6 Å². The Balaban J connectivity index is 1.98. The molecule has 2 aromatic carbocycles. The molecule has 2 amide bonds. The highest BCUT2D eigenvalue weighted by molar-refractivity contribution is 7.89. The summed E-state index contributed by atoms with van der Waals surface area (Å²) in [5, 5.41) is 5.06. The van der Waals surface area contributed by atoms with Crippen molar-refractivity contribution in [3.63, 3.8) is 0 Å². The molecule has 2 rings (SSSR count). The molecule has 0 aromatic heterocycles. The maximum absolute atomic E-state index is 12.2. The van der Waals surface area contributed by atoms with Crippen molar-refractivity contribution in [3.8, 4) is 0 Å². The number of carbonyl (C=O) groups is 3. The molecule has 142 valence electrons. The van der Waals surface area contributed by atoms with Crippen LogP contribution in [0.4, 0.5) is 11.4 Å². The number of sulfonamides is 1. The molecule has 9 heteroatoms. The van der Waals surface area contributed by atoms with E-state index < -0.39 is 22.5 Å². The summed E-state index contributed by atoms with van der Waals surface area (Å²) in [6.45, 7) is 2.28. The molecule has 0 aliphatic rings. The Morgan fingerprint density at radius 3 is 2.15 bits per heavy atom. The zero-order valence-electron chi connectivity index (χ0n) is 14.8. The van der Waals surface area contributed by atoms with Crippen LogP contribution in [0, 0.1) is 0 Å². The second-order valence-corrected chi connectivity index (χ2v) is 7.48. The molecule has 0 heterocycles. The summed E-state index contributed by atoms with van der Waals surface area (Å²) in [5.41, 5.74) is 1.30. The fraction of sp³-hybridized carbons (Fsp3) is 0.167. The van der Waals surface area contributed by atoms with Crippen LogP contribution >= 0.6 is 0 Å². The summed E-state index contributed by atoms with van der Waals surface area (Å²) in [7, 11) is -3.89. The molecule has 27 heavy (non-hydrogen) atoms. The van der Waals surface area contributed by atoms with Crippen molar-refractivity contribution in [1.29, 1.82) is 0 Å². The van der Waals surface area contributed by atoms with Gasteiger partial charge in [0.05, 0.1) is 11.4 Å². The van der Waals surface area contributed by atoms with E-state index in [1.54, 1.807) is 18.2 Å². The van der Waals surface area contributed by atoms with Crippen LogP contribution < -0.4 is 15.4 Å². The Bertz CT molecular complexity index is 969. The van der Waals surface area contributed by atoms with Crippen LogP contribution in [0.25, 0.3) is 0 Å². The summed E-state index contributed by atoms with van der Waals surface area (Å²) >= 11 is 0. The van der Waals surface area contributed by atoms with Crippen molar-refractivity contribution < 1.29 is 22.8 Å². The number of Topliss-reactive ketones (excluding diaryl/α,β-unsaturated/α-hetero) is 1. The van der Waals surface area contributed by atoms with Crippen LogP contribution in [0.5, 0.6) is 0 Å². The highest BCUT2D eigenvalue weighted by atomic mass is 32.2. The van der Waals surface area contributed by atoms with E-state index in [0.717, 1.165) is 0 Å². The van der Waals surface area contributed by atoms with Crippen LogP contribution in [0.3, 0.4) is 0 Å². The molecular formula is C18H19N3O5S. The quantitative estimate of drug-likeness (QED) is 0.623. The number of hydrogen-bond acceptors (Lipinski definition) is 5. The van der Waals surface area contributed by atoms with Gasteiger partial charge in [0.1, 0.15) is 0 Å². The lowest BCUT2D eigenvalue weighted by molar-refractivity contribution is -0.115. The third-order valence-corrected chi connectivity index (χ3v) is 4.88. The third-order valence-electron chi connectivity index (χ3n) is 3.46. The van der Waals surface area contributed by atoms with E-state index in [0.29, 0.717) is 16.9 Å². The summed E-state index contributed by atoms with van der Waals surface area (Å²) < 4.78 is 26.7. The van der Waals surface area contributed by atoms with Gasteiger partial charge in [0.15, 0.2) is 5.78 Å². The number of ketones is 1. The highest BCUT2D eigenvalue weighted by Crippen LogP contribution is 2.14. The molecule has 2 aromatic rings. The van der Waals surface area contributed by atoms with Crippen molar-refractivity contribution in [1.82, 2.24) is 4.72 Å². The fourth-order valence-electron chi connectivity index (χ4n) is 2.19. The Kier molecular flexibility index (Phi) is 6.43. The van der Waals surface area contributed by atoms with Gasteiger partial charge in [-0.05, 0) is 43.3 Å². The zero-order chi connectivity index (χ0) is 20.0. The summed E-state index contributed by atoms with van der Waals surface area (Å²) in [4.78, 5) is 34.3. The number of anilines is 2. The number of rotatable bonds is 7. The van der Waals surface area contributed by atoms with Crippen molar-refractivity contribution in [2.75, 3.05) is 17.2 Å². The van der Waals surface area contributed by atoms with Crippen LogP contribution in [0.2, 0.25) is 0 Å². The molecule has 0 unspecified atom stereocenters. The molecule has 0 radical (unpaired) electrons. The molecule has 0 aliphatic heterocycles. The first kappa shape index (κ1) is 20.3. The Labute approximate surface area is 157 Å². The van der Waals surface area contributed by atoms with Crippen LogP contribution in [0.15, 0.2) is 53.4 Å². The van der Waals surface area contributed by atoms with Crippen molar-refractivity contribution in [2.45, 2.75) is 18.7 Å². The van der Waals surface area contributed by atoms with Gasteiger partial charge in [0.25, 0.3) is 0 Å². The van der Waals surface area contributed by atoms with E-state index in [1.807, 2.05) is 0 Å². The summed E-state index contributed by atoms with van der Waals surface area (Å²) in [6.07, 6.45) is 0. The SMILES string of the molecule is CC(=O)Nc1ccc(S(=O)(=O)NCC(=O)Nc2cccc(C(C)=O)c2)cc1. The van der Waals surface area contributed by atoms with Gasteiger partial charge >= 0.3 is 0 Å². The van der Waals surface area contributed by atoms with Crippen molar-refractivity contribution in [2.24, 2.45) is 0 Å². The molecule has 0 spiro atoms. The Morgan fingerprint density at radius 2 is 1.56 bits per heavy atom. The molecule has 8 nitrogen and oxygen atoms in total. The minimum atomic E-state index is -3.89. The van der Waals surface area contributed by atoms with E-state index in [9.17, 15) is 22.8 Å². The van der Waals surface area contributed by atoms with Crippen molar-refractivity contribution in [3.05, 3.63) is 54.1 Å². The predicted molar refractivity (Wildman–Crippen MR) is 101 cm³/mol. The number of nitrogens with one attached hydrogen (secondary N) is 3. The first-order valence-corrected chi connectivity index (χ1v) is 9.44. The molecule has 0 saturated carbocycles. The zero-order valence-corrected chi connectivity index (χ0v) is 15.6. The number of hydrogen-bond donors (Lipinski definition) is 3. The fourth-order valence-corrected chi connectivity index (χ4v) is 3.17. The molecule has 0 bridgehead atoms. The number of benzene rings is 2. The minimum absolute atomic E-state index is 0.0389. The monoisotopic (exact) mass is 389 g/mol. The van der Waals surface area contributed by atoms with Crippen molar-refractivity contribution >= 4 is 39.0 Å². The molecule has 3 N–H and O–H groups in total. The van der Waals surface area contributed by atoms with Gasteiger partial charge in [0.2, 0.25) is 21.8 Å². The van der Waals surface area contributed by atoms with Gasteiger partial charge in [-0.2, -0.15) is 0 Å². The molecule has 0 fully saturated rings. The standard InChI is InChI=1S/C18H19N3O5S/c1-12(22)14-4-3-5-16(10-14)21-18(24)11-19-27(25,26)17-8-6-15(7-9-17)20-13(2)23/h3-10,19H,11H2,1-2H3,(H,20,23)(H,21,24). The van der Waals surface area contributed by atoms with Gasteiger partial charge in [-0.15, -0.1) is 0 Å². The Morgan fingerprint density at radius 1 is 0.889 bits per heavy atom. The predicted octanol–water partition coefficient (Wildman–Crippen LogP) is 1.76. The number of carbonyl (C=O) groups excluding carboxylic acids is 3. The van der Waals surface area contributed by atoms with Gasteiger partial charge < -0.3 is 10.6 Å². The topological polar surface area (TPSA) is 121 Å². The lowest BCUT2D eigenvalue weighted by Gasteiger charge is -2.09. The Hall–Kier alpha value is -3.04. The first-order valence-electron chi connectivity index (χ1n) is 7.95. The van der Waals surface area contributed by atoms with Gasteiger partial charge in [-0.3, -0.25) is 14.4 Å². The molecule has 0 aliphatic carbocycles.